The first-order valence-corrected chi connectivity index (χ1v) is 16.2. The molecule has 41 heavy (non-hydrogen) atoms. The van der Waals surface area contributed by atoms with E-state index in [-0.39, 0.29) is 18.5 Å². The molecule has 0 bridgehead atoms. The van der Waals surface area contributed by atoms with Gasteiger partial charge < -0.3 is 19.6 Å². The summed E-state index contributed by atoms with van der Waals surface area (Å²) in [7, 11) is -4.23. The molecule has 1 spiro atoms. The number of rotatable bonds is 7. The van der Waals surface area contributed by atoms with Crippen molar-refractivity contribution in [3.8, 4) is 5.75 Å². The molecule has 2 aromatic rings. The number of nitrogens with zero attached hydrogens (tertiary/aromatic N) is 3. The van der Waals surface area contributed by atoms with Gasteiger partial charge in [-0.25, -0.2) is 9.71 Å². The fourth-order valence-corrected chi connectivity index (χ4v) is 7.67. The summed E-state index contributed by atoms with van der Waals surface area (Å²) in [4.78, 5) is 21.8. The average Bonchev–Trinajstić information content (AvgIpc) is 3.60. The first kappa shape index (κ1) is 30.3. The van der Waals surface area contributed by atoms with E-state index in [4.69, 9.17) is 16.3 Å². The molecule has 1 aromatic carbocycles. The van der Waals surface area contributed by atoms with Gasteiger partial charge in [-0.15, -0.1) is 0 Å². The van der Waals surface area contributed by atoms with Crippen molar-refractivity contribution in [1.29, 1.82) is 0 Å². The number of benzene rings is 1. The van der Waals surface area contributed by atoms with Gasteiger partial charge in [-0.2, -0.15) is 21.9 Å². The minimum Gasteiger partial charge on any atom is -0.475 e. The summed E-state index contributed by atoms with van der Waals surface area (Å²) in [5.41, 5.74) is 0.0663. The smallest absolute Gasteiger partial charge is 0.281 e. The lowest BCUT2D eigenvalue weighted by Gasteiger charge is -2.45. The topological polar surface area (TPSA) is 112 Å². The van der Waals surface area contributed by atoms with Crippen molar-refractivity contribution < 1.29 is 23.1 Å². The molecular formula is C29H39ClN4O5S2. The number of nitrogens with one attached hydrogen (secondary N) is 1. The fourth-order valence-electron chi connectivity index (χ4n) is 6.50. The molecular weight excluding hydrogens is 584 g/mol. The van der Waals surface area contributed by atoms with Crippen LogP contribution in [-0.2, 0) is 14.8 Å². The number of ether oxygens (including phenoxy) is 1. The summed E-state index contributed by atoms with van der Waals surface area (Å²) in [5, 5.41) is 10.1. The van der Waals surface area contributed by atoms with E-state index in [1.54, 1.807) is 18.2 Å². The van der Waals surface area contributed by atoms with Gasteiger partial charge in [-0.05, 0) is 61.8 Å². The lowest BCUT2D eigenvalue weighted by atomic mass is 9.68. The van der Waals surface area contributed by atoms with Crippen LogP contribution < -0.4 is 19.3 Å². The highest BCUT2D eigenvalue weighted by Gasteiger charge is 2.54. The molecule has 12 heteroatoms. The fraction of sp³-hybridized carbons (Fsp3) is 0.586. The molecule has 2 saturated carbocycles. The van der Waals surface area contributed by atoms with Gasteiger partial charge in [-0.1, -0.05) is 36.9 Å². The highest BCUT2D eigenvalue weighted by Crippen LogP contribution is 2.48. The van der Waals surface area contributed by atoms with E-state index in [9.17, 15) is 18.3 Å². The number of sulfonamides is 1. The predicted octanol–water partition coefficient (Wildman–Crippen LogP) is 4.39. The Kier molecular flexibility index (Phi) is 8.72. The number of hydrogen-bond donors (Lipinski definition) is 2. The molecule has 2 aliphatic heterocycles. The first-order valence-electron chi connectivity index (χ1n) is 14.4. The van der Waals surface area contributed by atoms with Gasteiger partial charge in [0.05, 0.1) is 11.8 Å². The van der Waals surface area contributed by atoms with Crippen molar-refractivity contribution in [1.82, 2.24) is 9.71 Å². The molecule has 4 aliphatic rings. The third-order valence-corrected chi connectivity index (χ3v) is 10.6. The summed E-state index contributed by atoms with van der Waals surface area (Å²) in [6, 6.07) is 10.1. The number of anilines is 2. The first-order chi connectivity index (χ1) is 19.2. The second kappa shape index (κ2) is 11.8. The van der Waals surface area contributed by atoms with Crippen molar-refractivity contribution in [2.75, 3.05) is 36.0 Å². The second-order valence-electron chi connectivity index (χ2n) is 11.9. The van der Waals surface area contributed by atoms with E-state index in [1.165, 1.54) is 38.2 Å². The van der Waals surface area contributed by atoms with Crippen molar-refractivity contribution in [3.05, 3.63) is 41.4 Å². The van der Waals surface area contributed by atoms with Crippen LogP contribution in [0.2, 0.25) is 5.02 Å². The standard InChI is InChI=1S/C29H37ClN4O5S.H2S/c30-21-7-8-23(33-17-14-28(15-18-33)10-2-1-3-11-28)24(19-21)39-29(12-13-29)27(36)32-40(37,38)26-6-4-5-25(31-26)34-16-9-22(35)20-34;/h4-8,19,22,35H,1-3,9-18,20H2,(H,32,36);1H2/t22-;/m0./s1. The van der Waals surface area contributed by atoms with Crippen molar-refractivity contribution in [2.24, 2.45) is 5.41 Å². The third kappa shape index (κ3) is 6.43. The van der Waals surface area contributed by atoms with Crippen LogP contribution in [0.1, 0.15) is 64.2 Å². The molecule has 6 rings (SSSR count). The molecule has 4 fully saturated rings. The second-order valence-corrected chi connectivity index (χ2v) is 14.0. The van der Waals surface area contributed by atoms with Gasteiger partial charge in [0.2, 0.25) is 0 Å². The van der Waals surface area contributed by atoms with E-state index in [0.29, 0.717) is 54.4 Å². The highest BCUT2D eigenvalue weighted by atomic mass is 35.5. The van der Waals surface area contributed by atoms with Gasteiger partial charge in [0.25, 0.3) is 15.9 Å². The zero-order valence-corrected chi connectivity index (χ0v) is 25.7. The number of pyridine rings is 1. The summed E-state index contributed by atoms with van der Waals surface area (Å²) < 4.78 is 34.9. The number of halogens is 1. The van der Waals surface area contributed by atoms with Gasteiger partial charge in [-0.3, -0.25) is 4.79 Å². The quantitative estimate of drug-likeness (QED) is 0.468. The monoisotopic (exact) mass is 622 g/mol. The van der Waals surface area contributed by atoms with Crippen LogP contribution in [0.25, 0.3) is 0 Å². The Morgan fingerprint density at radius 3 is 2.39 bits per heavy atom. The number of β-amino-alcohol motifs (C(OH)–C–C–N with tert-alkyl or cyclic N) is 1. The number of aliphatic hydroxyl groups excluding tert-OH is 1. The molecule has 2 saturated heterocycles. The number of piperidine rings is 1. The number of carbonyl (C=O) groups is 1. The van der Waals surface area contributed by atoms with Gasteiger partial charge in [0, 0.05) is 50.1 Å². The van der Waals surface area contributed by atoms with Crippen LogP contribution in [0.4, 0.5) is 11.5 Å². The van der Waals surface area contributed by atoms with E-state index in [2.05, 4.69) is 14.6 Å². The Hall–Kier alpha value is -2.21. The average molecular weight is 623 g/mol. The minimum atomic E-state index is -4.23. The molecule has 1 amide bonds. The molecule has 9 nitrogen and oxygen atoms in total. The zero-order chi connectivity index (χ0) is 28.0. The number of aromatic nitrogens is 1. The van der Waals surface area contributed by atoms with Crippen LogP contribution in [0.3, 0.4) is 0 Å². The van der Waals surface area contributed by atoms with Gasteiger partial charge >= 0.3 is 0 Å². The molecule has 224 valence electrons. The SMILES string of the molecule is O=C(NS(=O)(=O)c1cccc(N2CC[C@H](O)C2)n1)C1(Oc2cc(Cl)ccc2N2CCC3(CCCCC3)CC2)CC1.S. The minimum absolute atomic E-state index is 0. The summed E-state index contributed by atoms with van der Waals surface area (Å²) in [6.45, 7) is 2.81. The molecule has 0 radical (unpaired) electrons. The van der Waals surface area contributed by atoms with Crippen molar-refractivity contribution >= 4 is 52.5 Å². The maximum absolute atomic E-state index is 13.3. The predicted molar refractivity (Wildman–Crippen MR) is 164 cm³/mol. The van der Waals surface area contributed by atoms with Crippen molar-refractivity contribution in [2.45, 2.75) is 80.9 Å². The number of aliphatic hydroxyl groups is 1. The summed E-state index contributed by atoms with van der Waals surface area (Å²) in [6.07, 6.45) is 9.80. The molecule has 2 aliphatic carbocycles. The van der Waals surface area contributed by atoms with Crippen LogP contribution in [0, 0.1) is 5.41 Å². The lowest BCUT2D eigenvalue weighted by Crippen LogP contribution is -2.44. The summed E-state index contributed by atoms with van der Waals surface area (Å²) >= 11 is 6.34. The highest BCUT2D eigenvalue weighted by molar-refractivity contribution is 7.90. The molecule has 2 N–H and O–H groups in total. The zero-order valence-electron chi connectivity index (χ0n) is 23.1. The number of hydrogen-bond acceptors (Lipinski definition) is 8. The van der Waals surface area contributed by atoms with Crippen LogP contribution >= 0.6 is 25.1 Å². The third-order valence-electron chi connectivity index (χ3n) is 9.12. The maximum Gasteiger partial charge on any atom is 0.281 e. The van der Waals surface area contributed by atoms with E-state index in [0.717, 1.165) is 31.6 Å². The van der Waals surface area contributed by atoms with Crippen molar-refractivity contribution in [3.63, 3.8) is 0 Å². The van der Waals surface area contributed by atoms with Gasteiger partial charge in [0.15, 0.2) is 10.6 Å². The Balaban J connectivity index is 0.00000337. The maximum atomic E-state index is 13.3. The normalized spacial score (nSPS) is 23.1. The van der Waals surface area contributed by atoms with Gasteiger partial charge in [0.1, 0.15) is 11.6 Å². The molecule has 0 unspecified atom stereocenters. The number of carbonyl (C=O) groups excluding carboxylic acids is 1. The summed E-state index contributed by atoms with van der Waals surface area (Å²) in [5.74, 6) is 0.247. The Labute approximate surface area is 254 Å². The Bertz CT molecular complexity index is 1370. The molecule has 1 aromatic heterocycles. The van der Waals surface area contributed by atoms with E-state index < -0.39 is 27.6 Å². The Morgan fingerprint density at radius 1 is 1.00 bits per heavy atom. The molecule has 3 heterocycles. The van der Waals surface area contributed by atoms with E-state index in [1.807, 2.05) is 17.0 Å². The van der Waals surface area contributed by atoms with Crippen LogP contribution in [-0.4, -0.2) is 62.3 Å². The molecule has 1 atom stereocenters. The van der Waals surface area contributed by atoms with Crippen LogP contribution in [0.5, 0.6) is 5.75 Å². The van der Waals surface area contributed by atoms with Crippen LogP contribution in [0.15, 0.2) is 41.4 Å². The number of amides is 1. The Morgan fingerprint density at radius 2 is 1.73 bits per heavy atom. The van der Waals surface area contributed by atoms with E-state index >= 15 is 0 Å². The largest absolute Gasteiger partial charge is 0.475 e. The lowest BCUT2D eigenvalue weighted by molar-refractivity contribution is -0.127.